The number of benzene rings is 2. The zero-order chi connectivity index (χ0) is 35.7. The van der Waals surface area contributed by atoms with E-state index in [4.69, 9.17) is 0 Å². The van der Waals surface area contributed by atoms with Crippen molar-refractivity contribution >= 4 is 29.0 Å². The van der Waals surface area contributed by atoms with Crippen molar-refractivity contribution in [3.8, 4) is 22.4 Å². The molecule has 0 aliphatic carbocycles. The van der Waals surface area contributed by atoms with Crippen molar-refractivity contribution < 1.29 is 28.0 Å². The molecular weight excluding hydrogens is 656 g/mol. The number of halogens is 2. The quantitative estimate of drug-likeness (QED) is 0.115. The Kier molecular flexibility index (Phi) is 9.53. The molecule has 5 N–H and O–H groups in total. The van der Waals surface area contributed by atoms with Gasteiger partial charge in [0, 0.05) is 84.4 Å². The van der Waals surface area contributed by atoms with Crippen LogP contribution in [0.4, 0.5) is 20.3 Å². The van der Waals surface area contributed by atoms with Crippen LogP contribution in [0.25, 0.3) is 28.0 Å². The number of hydrogen-bond donors (Lipinski definition) is 5. The Morgan fingerprint density at radius 2 is 1.78 bits per heavy atom. The highest BCUT2D eigenvalue weighted by molar-refractivity contribution is 5.96. The smallest absolute Gasteiger partial charge is 0.359 e. The Bertz CT molecular complexity index is 2080. The Morgan fingerprint density at radius 1 is 1.02 bits per heavy atom. The predicted molar refractivity (Wildman–Crippen MR) is 189 cm³/mol. The van der Waals surface area contributed by atoms with Crippen LogP contribution in [0.5, 0.6) is 0 Å². The van der Waals surface area contributed by atoms with E-state index in [0.717, 1.165) is 51.1 Å². The van der Waals surface area contributed by atoms with Crippen molar-refractivity contribution in [1.29, 1.82) is 0 Å². The number of carboxylic acids is 1. The van der Waals surface area contributed by atoms with Gasteiger partial charge in [-0.15, -0.1) is 0 Å². The predicted octanol–water partition coefficient (Wildman–Crippen LogP) is 4.94. The van der Waals surface area contributed by atoms with Crippen LogP contribution in [0.15, 0.2) is 55.1 Å². The first kappa shape index (κ1) is 34.2. The van der Waals surface area contributed by atoms with Gasteiger partial charge in [0.05, 0.1) is 37.7 Å². The molecule has 5 heterocycles. The largest absolute Gasteiger partial charge is 0.477 e. The van der Waals surface area contributed by atoms with Crippen LogP contribution in [0.1, 0.15) is 41.4 Å². The summed E-state index contributed by atoms with van der Waals surface area (Å²) in [6.07, 6.45) is 8.53. The molecule has 2 aromatic carbocycles. The summed E-state index contributed by atoms with van der Waals surface area (Å²) in [5.41, 5.74) is 4.24. The van der Waals surface area contributed by atoms with Gasteiger partial charge in [-0.05, 0) is 49.1 Å². The standard InChI is InChI=1S/C37H41F2N9O3/c1-3-25-14-26(4-5-27(25)37(51)43-17-23-8-12-48(13-9-23,21-32(49)50)20-24-15-40-16-24)45-35-36-42-19-31(47(36)11-10-41-35)29-7-6-28(33(38)34(29)39)30-18-44-46-22(30)2/h4-7,10-11,14,18-19,23-24,40H,3,8-9,12-13,15-17,20-21H2,1-2H3,(H3-,41,43,44,45,46,49,50,51)/p+1. The van der Waals surface area contributed by atoms with Gasteiger partial charge in [-0.1, -0.05) is 13.0 Å². The highest BCUT2D eigenvalue weighted by Crippen LogP contribution is 2.34. The molecule has 0 spiro atoms. The van der Waals surface area contributed by atoms with Crippen LogP contribution in [0, 0.1) is 30.4 Å². The van der Waals surface area contributed by atoms with Crippen molar-refractivity contribution in [2.45, 2.75) is 33.1 Å². The number of aryl methyl sites for hydroxylation is 2. The number of hydrogen-bond acceptors (Lipinski definition) is 7. The number of nitrogens with zero attached hydrogens (tertiary/aromatic N) is 5. The van der Waals surface area contributed by atoms with E-state index < -0.39 is 17.6 Å². The van der Waals surface area contributed by atoms with E-state index in [1.807, 2.05) is 19.1 Å². The lowest BCUT2D eigenvalue weighted by molar-refractivity contribution is -0.930. The molecule has 5 aromatic rings. The number of amides is 1. The van der Waals surface area contributed by atoms with Gasteiger partial charge in [-0.25, -0.2) is 23.5 Å². The van der Waals surface area contributed by atoms with E-state index in [9.17, 15) is 14.7 Å². The van der Waals surface area contributed by atoms with E-state index in [0.29, 0.717) is 69.0 Å². The molecule has 0 atom stereocenters. The summed E-state index contributed by atoms with van der Waals surface area (Å²) in [7, 11) is 0. The SMILES string of the molecule is CCc1cc(Nc2nccn3c(-c4ccc(-c5cn[nH]c5C)c(F)c4F)cnc23)ccc1C(=O)NCC1CC[N+](CC(=O)O)(CC2CNC2)CC1. The first-order valence-electron chi connectivity index (χ1n) is 17.4. The van der Waals surface area contributed by atoms with Crippen LogP contribution in [-0.4, -0.2) is 91.8 Å². The maximum Gasteiger partial charge on any atom is 0.359 e. The fourth-order valence-electron chi connectivity index (χ4n) is 7.53. The number of rotatable bonds is 12. The average molecular weight is 699 g/mol. The summed E-state index contributed by atoms with van der Waals surface area (Å²) in [4.78, 5) is 34.0. The molecule has 0 bridgehead atoms. The first-order chi connectivity index (χ1) is 24.6. The van der Waals surface area contributed by atoms with Crippen molar-refractivity contribution in [3.63, 3.8) is 0 Å². The third kappa shape index (κ3) is 6.93. The van der Waals surface area contributed by atoms with Gasteiger partial charge >= 0.3 is 5.97 Å². The molecule has 1 amide bonds. The molecular formula is C37H42F2N9O3+. The molecule has 0 radical (unpaired) electrons. The average Bonchev–Trinajstić information content (AvgIpc) is 3.73. The number of fused-ring (bicyclic) bond motifs is 1. The summed E-state index contributed by atoms with van der Waals surface area (Å²) in [5.74, 6) is -1.61. The Hall–Kier alpha value is -5.21. The molecule has 0 saturated carbocycles. The van der Waals surface area contributed by atoms with E-state index in [-0.39, 0.29) is 23.6 Å². The number of nitrogens with one attached hydrogen (secondary N) is 4. The molecule has 51 heavy (non-hydrogen) atoms. The number of piperidine rings is 1. The topological polar surface area (TPSA) is 149 Å². The Labute approximate surface area is 293 Å². The number of carbonyl (C=O) groups is 2. The summed E-state index contributed by atoms with van der Waals surface area (Å²) < 4.78 is 33.0. The molecule has 2 saturated heterocycles. The van der Waals surface area contributed by atoms with Crippen molar-refractivity contribution in [2.24, 2.45) is 11.8 Å². The van der Waals surface area contributed by atoms with Crippen LogP contribution in [0.3, 0.4) is 0 Å². The minimum atomic E-state index is -0.988. The molecule has 2 fully saturated rings. The van der Waals surface area contributed by atoms with Gasteiger partial charge < -0.3 is 25.5 Å². The number of anilines is 2. The summed E-state index contributed by atoms with van der Waals surface area (Å²) in [6, 6.07) is 8.57. The molecule has 0 unspecified atom stereocenters. The fraction of sp³-hybridized carbons (Fsp3) is 0.378. The van der Waals surface area contributed by atoms with E-state index in [2.05, 4.69) is 36.1 Å². The monoisotopic (exact) mass is 698 g/mol. The molecule has 12 nitrogen and oxygen atoms in total. The number of H-pyrrole nitrogens is 1. The van der Waals surface area contributed by atoms with E-state index in [1.54, 1.807) is 29.8 Å². The number of imidazole rings is 1. The summed E-state index contributed by atoms with van der Waals surface area (Å²) in [6.45, 7) is 8.86. The van der Waals surface area contributed by atoms with Crippen molar-refractivity contribution in [2.75, 3.05) is 51.1 Å². The molecule has 14 heteroatoms. The number of likely N-dealkylation sites (tertiary alicyclic amines) is 1. The third-order valence-corrected chi connectivity index (χ3v) is 10.5. The fourth-order valence-corrected chi connectivity index (χ4v) is 7.53. The van der Waals surface area contributed by atoms with Crippen LogP contribution in [0.2, 0.25) is 0 Å². The normalized spacial score (nSPS) is 19.2. The second-order valence-corrected chi connectivity index (χ2v) is 13.9. The van der Waals surface area contributed by atoms with Crippen molar-refractivity contribution in [1.82, 2.24) is 35.2 Å². The Balaban J connectivity index is 1.02. The molecule has 2 aliphatic heterocycles. The lowest BCUT2D eigenvalue weighted by Crippen LogP contribution is -2.62. The number of aromatic nitrogens is 5. The third-order valence-electron chi connectivity index (χ3n) is 10.5. The highest BCUT2D eigenvalue weighted by atomic mass is 19.2. The minimum Gasteiger partial charge on any atom is -0.477 e. The molecule has 2 aliphatic rings. The van der Waals surface area contributed by atoms with Crippen LogP contribution >= 0.6 is 0 Å². The lowest BCUT2D eigenvalue weighted by Gasteiger charge is -2.46. The zero-order valence-electron chi connectivity index (χ0n) is 28.7. The number of aliphatic carboxylic acids is 1. The zero-order valence-corrected chi connectivity index (χ0v) is 28.7. The summed E-state index contributed by atoms with van der Waals surface area (Å²) in [5, 5.41) is 25.9. The van der Waals surface area contributed by atoms with Crippen LogP contribution < -0.4 is 16.0 Å². The number of carboxylic acid groups (broad SMARTS) is 1. The molecule has 3 aromatic heterocycles. The number of carbonyl (C=O) groups excluding carboxylic acids is 1. The second kappa shape index (κ2) is 14.2. The van der Waals surface area contributed by atoms with Gasteiger partial charge in [0.25, 0.3) is 5.91 Å². The summed E-state index contributed by atoms with van der Waals surface area (Å²) >= 11 is 0. The molecule has 266 valence electrons. The maximum atomic E-state index is 15.5. The van der Waals surface area contributed by atoms with Gasteiger partial charge in [0.15, 0.2) is 29.6 Å². The molecule has 7 rings (SSSR count). The van der Waals surface area contributed by atoms with Gasteiger partial charge in [0.1, 0.15) is 0 Å². The maximum absolute atomic E-state index is 15.5. The van der Waals surface area contributed by atoms with Gasteiger partial charge in [-0.3, -0.25) is 14.3 Å². The van der Waals surface area contributed by atoms with Gasteiger partial charge in [-0.2, -0.15) is 5.10 Å². The van der Waals surface area contributed by atoms with E-state index >= 15 is 8.78 Å². The first-order valence-corrected chi connectivity index (χ1v) is 17.4. The minimum absolute atomic E-state index is 0.0591. The lowest BCUT2D eigenvalue weighted by atomic mass is 9.91. The number of aromatic amines is 1. The highest BCUT2D eigenvalue weighted by Gasteiger charge is 2.39. The van der Waals surface area contributed by atoms with Gasteiger partial charge in [0.2, 0.25) is 0 Å². The number of quaternary nitrogens is 1. The van der Waals surface area contributed by atoms with Crippen LogP contribution in [-0.2, 0) is 11.2 Å². The van der Waals surface area contributed by atoms with Crippen molar-refractivity contribution in [3.05, 3.63) is 83.6 Å². The van der Waals surface area contributed by atoms with E-state index in [1.165, 1.54) is 24.5 Å². The second-order valence-electron chi connectivity index (χ2n) is 13.9. The Morgan fingerprint density at radius 3 is 2.47 bits per heavy atom.